The molecule has 0 bridgehead atoms. The van der Waals surface area contributed by atoms with Crippen LogP contribution in [0.5, 0.6) is 0 Å². The molecule has 3 rings (SSSR count). The number of amides is 1. The van der Waals surface area contributed by atoms with Crippen molar-refractivity contribution in [3.63, 3.8) is 0 Å². The van der Waals surface area contributed by atoms with Crippen LogP contribution in [0.4, 0.5) is 5.69 Å². The van der Waals surface area contributed by atoms with Crippen LogP contribution in [0.2, 0.25) is 0 Å². The molecule has 0 N–H and O–H groups in total. The average molecular weight is 294 g/mol. The number of carbonyl (C=O) groups excluding carboxylic acids is 1. The van der Waals surface area contributed by atoms with Gasteiger partial charge < -0.3 is 9.80 Å². The molecular weight excluding hydrogens is 276 g/mol. The van der Waals surface area contributed by atoms with Crippen LogP contribution in [-0.2, 0) is 4.79 Å². The Balaban J connectivity index is 2.12. The van der Waals surface area contributed by atoms with Crippen molar-refractivity contribution in [1.82, 2.24) is 9.88 Å². The number of nitriles is 1. The molecule has 2 aromatic rings. The Hall–Kier alpha value is -2.61. The number of para-hydroxylation sites is 1. The van der Waals surface area contributed by atoms with Gasteiger partial charge in [-0.05, 0) is 25.0 Å². The van der Waals surface area contributed by atoms with Crippen molar-refractivity contribution in [3.8, 4) is 6.07 Å². The summed E-state index contributed by atoms with van der Waals surface area (Å²) in [6.45, 7) is 0.823. The Kier molecular flexibility index (Phi) is 3.68. The Morgan fingerprint density at radius 3 is 2.91 bits per heavy atom. The second-order valence-electron chi connectivity index (χ2n) is 5.74. The zero-order valence-corrected chi connectivity index (χ0v) is 12.8. The van der Waals surface area contributed by atoms with Gasteiger partial charge in [-0.25, -0.2) is 4.98 Å². The number of aromatic nitrogens is 1. The largest absolute Gasteiger partial charge is 0.359 e. The van der Waals surface area contributed by atoms with Gasteiger partial charge in [0.1, 0.15) is 17.8 Å². The van der Waals surface area contributed by atoms with Crippen LogP contribution in [0.3, 0.4) is 0 Å². The predicted octanol–water partition coefficient (Wildman–Crippen LogP) is 2.16. The number of rotatable bonds is 2. The first-order valence-corrected chi connectivity index (χ1v) is 7.39. The number of anilines is 1. The molecular formula is C17H18N4O. The number of carbonyl (C=O) groups is 1. The van der Waals surface area contributed by atoms with Crippen LogP contribution in [0.15, 0.2) is 30.3 Å². The van der Waals surface area contributed by atoms with Crippen LogP contribution < -0.4 is 4.90 Å². The van der Waals surface area contributed by atoms with Crippen molar-refractivity contribution in [3.05, 3.63) is 36.0 Å². The minimum Gasteiger partial charge on any atom is -0.359 e. The summed E-state index contributed by atoms with van der Waals surface area (Å²) in [5.41, 5.74) is 2.11. The fourth-order valence-electron chi connectivity index (χ4n) is 3.06. The molecule has 22 heavy (non-hydrogen) atoms. The first-order chi connectivity index (χ1) is 10.6. The lowest BCUT2D eigenvalue weighted by atomic mass is 10.1. The van der Waals surface area contributed by atoms with Crippen molar-refractivity contribution < 1.29 is 4.79 Å². The zero-order chi connectivity index (χ0) is 15.7. The average Bonchev–Trinajstić information content (AvgIpc) is 3.02. The van der Waals surface area contributed by atoms with Gasteiger partial charge in [0.2, 0.25) is 5.91 Å². The molecule has 1 amide bonds. The van der Waals surface area contributed by atoms with E-state index in [1.54, 1.807) is 25.1 Å². The topological polar surface area (TPSA) is 60.2 Å². The van der Waals surface area contributed by atoms with Crippen LogP contribution in [0.25, 0.3) is 10.9 Å². The molecule has 2 heterocycles. The fourth-order valence-corrected chi connectivity index (χ4v) is 3.06. The van der Waals surface area contributed by atoms with Crippen molar-refractivity contribution in [2.24, 2.45) is 0 Å². The molecule has 0 radical (unpaired) electrons. The molecule has 112 valence electrons. The summed E-state index contributed by atoms with van der Waals surface area (Å²) < 4.78 is 0. The van der Waals surface area contributed by atoms with Gasteiger partial charge in [-0.15, -0.1) is 0 Å². The Morgan fingerprint density at radius 1 is 1.41 bits per heavy atom. The minimum atomic E-state index is -0.160. The highest BCUT2D eigenvalue weighted by Gasteiger charge is 2.32. The number of pyridine rings is 1. The fraction of sp³-hybridized carbons (Fsp3) is 0.353. The maximum absolute atomic E-state index is 12.4. The number of nitrogens with zero attached hydrogens (tertiary/aromatic N) is 4. The SMILES string of the molecule is CN(C)C(=O)C1CCCN1c1cc(C#N)nc2ccccc12. The van der Waals surface area contributed by atoms with E-state index in [0.717, 1.165) is 36.0 Å². The van der Waals surface area contributed by atoms with Crippen LogP contribution in [0.1, 0.15) is 18.5 Å². The van der Waals surface area contributed by atoms with E-state index in [1.165, 1.54) is 0 Å². The number of hydrogen-bond donors (Lipinski definition) is 0. The molecule has 1 unspecified atom stereocenters. The molecule has 5 heteroatoms. The van der Waals surface area contributed by atoms with E-state index < -0.39 is 0 Å². The van der Waals surface area contributed by atoms with Gasteiger partial charge >= 0.3 is 0 Å². The summed E-state index contributed by atoms with van der Waals surface area (Å²) in [6.07, 6.45) is 1.82. The van der Waals surface area contributed by atoms with Gasteiger partial charge in [-0.3, -0.25) is 4.79 Å². The van der Waals surface area contributed by atoms with Crippen molar-refractivity contribution in [2.75, 3.05) is 25.5 Å². The zero-order valence-electron chi connectivity index (χ0n) is 12.8. The maximum Gasteiger partial charge on any atom is 0.244 e. The third-order valence-corrected chi connectivity index (χ3v) is 4.10. The lowest BCUT2D eigenvalue weighted by Crippen LogP contribution is -2.42. The number of fused-ring (bicyclic) bond motifs is 1. The highest BCUT2D eigenvalue weighted by Crippen LogP contribution is 2.32. The maximum atomic E-state index is 12.4. The van der Waals surface area contributed by atoms with Gasteiger partial charge in [0.05, 0.1) is 5.52 Å². The molecule has 0 saturated carbocycles. The highest BCUT2D eigenvalue weighted by atomic mass is 16.2. The minimum absolute atomic E-state index is 0.108. The van der Waals surface area contributed by atoms with Gasteiger partial charge in [-0.1, -0.05) is 18.2 Å². The van der Waals surface area contributed by atoms with E-state index in [9.17, 15) is 10.1 Å². The van der Waals surface area contributed by atoms with E-state index in [2.05, 4.69) is 16.0 Å². The normalized spacial score (nSPS) is 17.5. The highest BCUT2D eigenvalue weighted by molar-refractivity contribution is 5.95. The Bertz CT molecular complexity index is 763. The molecule has 0 aliphatic carbocycles. The Morgan fingerprint density at radius 2 is 2.18 bits per heavy atom. The summed E-state index contributed by atoms with van der Waals surface area (Å²) in [5, 5.41) is 10.2. The third-order valence-electron chi connectivity index (χ3n) is 4.10. The molecule has 1 aliphatic heterocycles. The quantitative estimate of drug-likeness (QED) is 0.851. The monoisotopic (exact) mass is 294 g/mol. The van der Waals surface area contributed by atoms with Crippen LogP contribution in [-0.4, -0.2) is 42.5 Å². The van der Waals surface area contributed by atoms with Crippen molar-refractivity contribution in [1.29, 1.82) is 5.26 Å². The van der Waals surface area contributed by atoms with Crippen molar-refractivity contribution >= 4 is 22.5 Å². The summed E-state index contributed by atoms with van der Waals surface area (Å²) in [4.78, 5) is 20.5. The number of hydrogen-bond acceptors (Lipinski definition) is 4. The predicted molar refractivity (Wildman–Crippen MR) is 85.5 cm³/mol. The van der Waals surface area contributed by atoms with Crippen molar-refractivity contribution in [2.45, 2.75) is 18.9 Å². The third kappa shape index (κ3) is 2.37. The van der Waals surface area contributed by atoms with E-state index in [1.807, 2.05) is 24.3 Å². The number of benzene rings is 1. The Labute approximate surface area is 129 Å². The van der Waals surface area contributed by atoms with Gasteiger partial charge in [0.15, 0.2) is 0 Å². The molecule has 1 fully saturated rings. The first kappa shape index (κ1) is 14.3. The summed E-state index contributed by atoms with van der Waals surface area (Å²) in [6, 6.07) is 11.5. The summed E-state index contributed by atoms with van der Waals surface area (Å²) in [7, 11) is 3.56. The second kappa shape index (κ2) is 5.64. The van der Waals surface area contributed by atoms with Gasteiger partial charge in [0, 0.05) is 31.7 Å². The summed E-state index contributed by atoms with van der Waals surface area (Å²) >= 11 is 0. The van der Waals surface area contributed by atoms with E-state index >= 15 is 0 Å². The van der Waals surface area contributed by atoms with Crippen LogP contribution >= 0.6 is 0 Å². The lowest BCUT2D eigenvalue weighted by Gasteiger charge is -2.29. The standard InChI is InChI=1S/C17H18N4O/c1-20(2)17(22)15-8-5-9-21(15)16-10-12(11-18)19-14-7-4-3-6-13(14)16/h3-4,6-7,10,15H,5,8-9H2,1-2H3. The summed E-state index contributed by atoms with van der Waals surface area (Å²) in [5.74, 6) is 0.108. The first-order valence-electron chi connectivity index (χ1n) is 7.39. The van der Waals surface area contributed by atoms with E-state index in [-0.39, 0.29) is 11.9 Å². The second-order valence-corrected chi connectivity index (χ2v) is 5.74. The van der Waals surface area contributed by atoms with Gasteiger partial charge in [0.25, 0.3) is 0 Å². The molecule has 5 nitrogen and oxygen atoms in total. The number of likely N-dealkylation sites (N-methyl/N-ethyl adjacent to an activating group) is 1. The molecule has 1 atom stereocenters. The molecule has 1 saturated heterocycles. The van der Waals surface area contributed by atoms with E-state index in [0.29, 0.717) is 5.69 Å². The van der Waals surface area contributed by atoms with E-state index in [4.69, 9.17) is 0 Å². The lowest BCUT2D eigenvalue weighted by molar-refractivity contribution is -0.129. The molecule has 1 aliphatic rings. The molecule has 0 spiro atoms. The molecule has 1 aromatic heterocycles. The van der Waals surface area contributed by atoms with Gasteiger partial charge in [-0.2, -0.15) is 5.26 Å². The van der Waals surface area contributed by atoms with Crippen LogP contribution in [0, 0.1) is 11.3 Å². The smallest absolute Gasteiger partial charge is 0.244 e. The molecule has 1 aromatic carbocycles.